The highest BCUT2D eigenvalue weighted by Crippen LogP contribution is 2.43. The number of nitrogens with one attached hydrogen (secondary N) is 1. The minimum Gasteiger partial charge on any atom is -0.507 e. The minimum absolute atomic E-state index is 0.0240. The van der Waals surface area contributed by atoms with E-state index in [2.05, 4.69) is 10.3 Å². The van der Waals surface area contributed by atoms with E-state index in [1.54, 1.807) is 55.9 Å². The van der Waals surface area contributed by atoms with Crippen molar-refractivity contribution < 1.29 is 24.2 Å². The molecule has 8 nitrogen and oxygen atoms in total. The van der Waals surface area contributed by atoms with Crippen LogP contribution in [0.4, 0.5) is 11.4 Å². The van der Waals surface area contributed by atoms with Crippen molar-refractivity contribution in [1.29, 1.82) is 0 Å². The van der Waals surface area contributed by atoms with Gasteiger partial charge in [0.1, 0.15) is 11.5 Å². The van der Waals surface area contributed by atoms with Crippen molar-refractivity contribution in [3.05, 3.63) is 88.8 Å². The number of ketones is 1. The maximum atomic E-state index is 13.5. The Kier molecular flexibility index (Phi) is 7.11. The monoisotopic (exact) mass is 499 g/mol. The van der Waals surface area contributed by atoms with Gasteiger partial charge in [-0.25, -0.2) is 0 Å². The summed E-state index contributed by atoms with van der Waals surface area (Å²) >= 11 is 0. The number of pyridine rings is 1. The number of benzene rings is 2. The Hall–Kier alpha value is -4.46. The van der Waals surface area contributed by atoms with Crippen LogP contribution in [-0.4, -0.2) is 34.8 Å². The molecule has 8 heteroatoms. The molecule has 1 aliphatic heterocycles. The van der Waals surface area contributed by atoms with Crippen LogP contribution in [-0.2, 0) is 14.4 Å². The predicted octanol–water partition coefficient (Wildman–Crippen LogP) is 5.11. The molecule has 3 aromatic rings. The molecule has 0 bridgehead atoms. The molecule has 1 fully saturated rings. The maximum absolute atomic E-state index is 13.5. The van der Waals surface area contributed by atoms with E-state index < -0.39 is 17.7 Å². The van der Waals surface area contributed by atoms with Crippen molar-refractivity contribution in [2.75, 3.05) is 17.3 Å². The Morgan fingerprint density at radius 1 is 1.11 bits per heavy atom. The number of anilines is 2. The van der Waals surface area contributed by atoms with Gasteiger partial charge in [-0.2, -0.15) is 0 Å². The molecule has 0 aliphatic carbocycles. The first-order valence-corrected chi connectivity index (χ1v) is 11.9. The van der Waals surface area contributed by atoms with Gasteiger partial charge in [0.25, 0.3) is 11.7 Å². The van der Waals surface area contributed by atoms with E-state index in [-0.39, 0.29) is 23.2 Å². The van der Waals surface area contributed by atoms with Gasteiger partial charge in [-0.05, 0) is 72.0 Å². The second-order valence-corrected chi connectivity index (χ2v) is 9.24. The zero-order chi connectivity index (χ0) is 26.9. The van der Waals surface area contributed by atoms with Gasteiger partial charge in [0.15, 0.2) is 0 Å². The molecule has 0 spiro atoms. The summed E-state index contributed by atoms with van der Waals surface area (Å²) in [6, 6.07) is 12.8. The molecule has 0 saturated carbocycles. The number of ether oxygens (including phenoxy) is 1. The van der Waals surface area contributed by atoms with E-state index >= 15 is 0 Å². The molecule has 2 heterocycles. The van der Waals surface area contributed by atoms with Gasteiger partial charge in [-0.15, -0.1) is 0 Å². The lowest BCUT2D eigenvalue weighted by Gasteiger charge is -2.26. The largest absolute Gasteiger partial charge is 0.507 e. The number of aliphatic hydroxyl groups is 1. The average molecular weight is 500 g/mol. The topological polar surface area (TPSA) is 109 Å². The number of carbonyl (C=O) groups excluding carboxylic acids is 3. The number of nitrogens with zero attached hydrogens (tertiary/aromatic N) is 2. The second-order valence-electron chi connectivity index (χ2n) is 9.24. The van der Waals surface area contributed by atoms with Gasteiger partial charge in [0, 0.05) is 36.3 Å². The molecule has 2 N–H and O–H groups in total. The lowest BCUT2D eigenvalue weighted by molar-refractivity contribution is -0.132. The molecule has 1 aliphatic rings. The van der Waals surface area contributed by atoms with E-state index in [0.717, 1.165) is 5.56 Å². The van der Waals surface area contributed by atoms with Crippen molar-refractivity contribution in [1.82, 2.24) is 4.98 Å². The Morgan fingerprint density at radius 2 is 1.81 bits per heavy atom. The third-order valence-corrected chi connectivity index (χ3v) is 6.36. The number of aliphatic hydroxyl groups excluding tert-OH is 1. The summed E-state index contributed by atoms with van der Waals surface area (Å²) in [5.41, 5.74) is 3.49. The molecule has 4 rings (SSSR count). The van der Waals surface area contributed by atoms with Crippen LogP contribution in [0, 0.1) is 6.92 Å². The van der Waals surface area contributed by atoms with Crippen molar-refractivity contribution >= 4 is 34.7 Å². The van der Waals surface area contributed by atoms with Gasteiger partial charge in [-0.3, -0.25) is 24.3 Å². The molecule has 190 valence electrons. The van der Waals surface area contributed by atoms with E-state index in [0.29, 0.717) is 33.8 Å². The third-order valence-electron chi connectivity index (χ3n) is 6.36. The number of hydrogen-bond acceptors (Lipinski definition) is 6. The van der Waals surface area contributed by atoms with Crippen LogP contribution in [0.2, 0.25) is 0 Å². The molecule has 2 aromatic carbocycles. The van der Waals surface area contributed by atoms with Crippen molar-refractivity contribution in [2.45, 2.75) is 39.7 Å². The van der Waals surface area contributed by atoms with Crippen LogP contribution in [0.25, 0.3) is 5.76 Å². The highest BCUT2D eigenvalue weighted by atomic mass is 16.5. The van der Waals surface area contributed by atoms with Crippen LogP contribution in [0.3, 0.4) is 0 Å². The summed E-state index contributed by atoms with van der Waals surface area (Å²) < 4.78 is 5.53. The minimum atomic E-state index is -0.903. The fourth-order valence-electron chi connectivity index (χ4n) is 4.62. The highest BCUT2D eigenvalue weighted by Gasteiger charge is 2.47. The second kappa shape index (κ2) is 10.3. The Labute approximate surface area is 215 Å². The Morgan fingerprint density at radius 3 is 2.43 bits per heavy atom. The van der Waals surface area contributed by atoms with Crippen LogP contribution in [0.5, 0.6) is 5.75 Å². The number of Topliss-reactive ketones (excluding diaryl/α,β-unsaturated/α-hetero) is 1. The summed E-state index contributed by atoms with van der Waals surface area (Å²) in [6.07, 6.45) is 3.14. The average Bonchev–Trinajstić information content (AvgIpc) is 3.13. The quantitative estimate of drug-likeness (QED) is 0.277. The number of amides is 2. The first-order valence-electron chi connectivity index (χ1n) is 11.9. The first kappa shape index (κ1) is 25.6. The number of aromatic nitrogens is 1. The van der Waals surface area contributed by atoms with E-state index in [1.807, 2.05) is 32.9 Å². The van der Waals surface area contributed by atoms with Crippen LogP contribution in [0.15, 0.2) is 66.5 Å². The van der Waals surface area contributed by atoms with Crippen molar-refractivity contribution in [2.24, 2.45) is 0 Å². The summed E-state index contributed by atoms with van der Waals surface area (Å²) in [5, 5.41) is 14.3. The van der Waals surface area contributed by atoms with Crippen LogP contribution >= 0.6 is 0 Å². The van der Waals surface area contributed by atoms with Gasteiger partial charge >= 0.3 is 0 Å². The standard InChI is InChI=1S/C29H29N3O5/c1-16(2)22-15-23(17(3)13-24(22)37-5)27(34)25-26(19-9-11-30-12-10-19)32(29(36)28(25)35)21-8-6-7-20(14-21)31-18(4)33/h6-16,26,34H,1-5H3,(H,31,33)/b27-25+. The lowest BCUT2D eigenvalue weighted by atomic mass is 9.91. The maximum Gasteiger partial charge on any atom is 0.300 e. The van der Waals surface area contributed by atoms with Gasteiger partial charge in [-0.1, -0.05) is 19.9 Å². The van der Waals surface area contributed by atoms with Crippen molar-refractivity contribution in [3.63, 3.8) is 0 Å². The summed E-state index contributed by atoms with van der Waals surface area (Å²) in [7, 11) is 1.59. The number of methoxy groups -OCH3 is 1. The Bertz CT molecular complexity index is 1410. The fourth-order valence-corrected chi connectivity index (χ4v) is 4.62. The molecule has 2 amide bonds. The lowest BCUT2D eigenvalue weighted by Crippen LogP contribution is -2.29. The third kappa shape index (κ3) is 4.82. The molecular formula is C29H29N3O5. The SMILES string of the molecule is COc1cc(C)c(/C(O)=C2\C(=O)C(=O)N(c3cccc(NC(C)=O)c3)C2c2ccncc2)cc1C(C)C. The predicted molar refractivity (Wildman–Crippen MR) is 142 cm³/mol. The number of hydrogen-bond donors (Lipinski definition) is 2. The zero-order valence-corrected chi connectivity index (χ0v) is 21.4. The molecule has 1 saturated heterocycles. The fraction of sp³-hybridized carbons (Fsp3) is 0.241. The summed E-state index contributed by atoms with van der Waals surface area (Å²) in [5.74, 6) is -1.32. The van der Waals surface area contributed by atoms with Gasteiger partial charge in [0.05, 0.1) is 18.7 Å². The highest BCUT2D eigenvalue weighted by molar-refractivity contribution is 6.51. The van der Waals surface area contributed by atoms with Crippen molar-refractivity contribution in [3.8, 4) is 5.75 Å². The van der Waals surface area contributed by atoms with Gasteiger partial charge < -0.3 is 15.2 Å². The Balaban J connectivity index is 1.95. The van der Waals surface area contributed by atoms with Crippen LogP contribution < -0.4 is 15.0 Å². The normalized spacial score (nSPS) is 16.8. The molecular weight excluding hydrogens is 470 g/mol. The summed E-state index contributed by atoms with van der Waals surface area (Å²) in [4.78, 5) is 43.9. The first-order chi connectivity index (χ1) is 17.6. The summed E-state index contributed by atoms with van der Waals surface area (Å²) in [6.45, 7) is 7.22. The molecule has 0 radical (unpaired) electrons. The van der Waals surface area contributed by atoms with Crippen LogP contribution in [0.1, 0.15) is 55.0 Å². The van der Waals surface area contributed by atoms with Gasteiger partial charge in [0.2, 0.25) is 5.91 Å². The molecule has 37 heavy (non-hydrogen) atoms. The molecule has 1 unspecified atom stereocenters. The number of carbonyl (C=O) groups is 3. The van der Waals surface area contributed by atoms with E-state index in [1.165, 1.54) is 11.8 Å². The number of rotatable bonds is 6. The van der Waals surface area contributed by atoms with E-state index in [9.17, 15) is 19.5 Å². The smallest absolute Gasteiger partial charge is 0.300 e. The molecule has 1 aromatic heterocycles. The van der Waals surface area contributed by atoms with E-state index in [4.69, 9.17) is 4.74 Å². The molecule has 1 atom stereocenters. The number of aryl methyl sites for hydroxylation is 1. The zero-order valence-electron chi connectivity index (χ0n) is 21.4.